The summed E-state index contributed by atoms with van der Waals surface area (Å²) in [6.07, 6.45) is 9.60. The third-order valence-corrected chi connectivity index (χ3v) is 8.39. The molecule has 2 aliphatic rings. The van der Waals surface area contributed by atoms with Gasteiger partial charge in [0.1, 0.15) is 0 Å². The van der Waals surface area contributed by atoms with Crippen molar-refractivity contribution in [3.05, 3.63) is 11.9 Å². The zero-order chi connectivity index (χ0) is 20.9. The summed E-state index contributed by atoms with van der Waals surface area (Å²) in [5, 5.41) is 0.229. The van der Waals surface area contributed by atoms with Crippen molar-refractivity contribution in [1.29, 1.82) is 0 Å². The van der Waals surface area contributed by atoms with Gasteiger partial charge >= 0.3 is 0 Å². The highest BCUT2D eigenvalue weighted by atomic mass is 32.2. The standard InChI is InChI=1S/C21H38N4O3S/c1-23-11-9-19(10-12-23)24(2)16-20-15-22-21(25(20)13-14-28-3)29(26,27)17-18-7-5-4-6-8-18/h15,18-19H,4-14,16-17H2,1-3H3. The lowest BCUT2D eigenvalue weighted by Gasteiger charge is -2.35. The molecule has 1 aromatic heterocycles. The number of aromatic nitrogens is 2. The molecule has 1 aliphatic carbocycles. The second-order valence-corrected chi connectivity index (χ2v) is 10.8. The van der Waals surface area contributed by atoms with Gasteiger partial charge in [0.15, 0.2) is 0 Å². The Morgan fingerprint density at radius 3 is 2.52 bits per heavy atom. The molecule has 0 aromatic carbocycles. The van der Waals surface area contributed by atoms with Gasteiger partial charge in [-0.3, -0.25) is 4.90 Å². The van der Waals surface area contributed by atoms with Crippen molar-refractivity contribution in [1.82, 2.24) is 19.4 Å². The Hall–Kier alpha value is -0.960. The number of piperidine rings is 1. The summed E-state index contributed by atoms with van der Waals surface area (Å²) < 4.78 is 33.5. The predicted molar refractivity (Wildman–Crippen MR) is 115 cm³/mol. The lowest BCUT2D eigenvalue weighted by Crippen LogP contribution is -2.41. The van der Waals surface area contributed by atoms with Gasteiger partial charge in [-0.15, -0.1) is 0 Å². The predicted octanol–water partition coefficient (Wildman–Crippen LogP) is 2.41. The Kier molecular flexibility index (Phi) is 8.13. The van der Waals surface area contributed by atoms with Crippen LogP contribution < -0.4 is 0 Å². The van der Waals surface area contributed by atoms with Crippen molar-refractivity contribution in [2.75, 3.05) is 46.7 Å². The van der Waals surface area contributed by atoms with E-state index >= 15 is 0 Å². The summed E-state index contributed by atoms with van der Waals surface area (Å²) in [5.74, 6) is 0.494. The van der Waals surface area contributed by atoms with Crippen molar-refractivity contribution in [2.24, 2.45) is 5.92 Å². The van der Waals surface area contributed by atoms with Gasteiger partial charge in [-0.05, 0) is 58.8 Å². The van der Waals surface area contributed by atoms with Gasteiger partial charge in [0.25, 0.3) is 0 Å². The molecule has 1 saturated heterocycles. The van der Waals surface area contributed by atoms with Crippen LogP contribution in [0.15, 0.2) is 11.4 Å². The minimum atomic E-state index is -3.40. The van der Waals surface area contributed by atoms with Gasteiger partial charge in [0.05, 0.1) is 24.3 Å². The molecule has 8 heteroatoms. The number of ether oxygens (including phenoxy) is 1. The second-order valence-electron chi connectivity index (χ2n) is 8.91. The molecular formula is C21H38N4O3S. The van der Waals surface area contributed by atoms with E-state index in [0.717, 1.165) is 57.3 Å². The maximum atomic E-state index is 13.2. The molecule has 0 N–H and O–H groups in total. The molecule has 0 amide bonds. The van der Waals surface area contributed by atoms with Crippen LogP contribution in [0.1, 0.15) is 50.6 Å². The average Bonchev–Trinajstić information content (AvgIpc) is 3.10. The van der Waals surface area contributed by atoms with Crippen molar-refractivity contribution >= 4 is 9.84 Å². The number of hydrogen-bond donors (Lipinski definition) is 0. The average molecular weight is 427 g/mol. The lowest BCUT2D eigenvalue weighted by atomic mass is 9.91. The zero-order valence-electron chi connectivity index (χ0n) is 18.3. The molecule has 1 saturated carbocycles. The fraction of sp³-hybridized carbons (Fsp3) is 0.857. The van der Waals surface area contributed by atoms with Gasteiger partial charge < -0.3 is 14.2 Å². The van der Waals surface area contributed by atoms with Gasteiger partial charge in [-0.1, -0.05) is 19.3 Å². The van der Waals surface area contributed by atoms with Crippen molar-refractivity contribution in [3.8, 4) is 0 Å². The van der Waals surface area contributed by atoms with Crippen LogP contribution in [-0.4, -0.2) is 80.5 Å². The molecule has 1 aliphatic heterocycles. The first-order chi connectivity index (χ1) is 13.9. The number of imidazole rings is 1. The number of methoxy groups -OCH3 is 1. The summed E-state index contributed by atoms with van der Waals surface area (Å²) >= 11 is 0. The summed E-state index contributed by atoms with van der Waals surface area (Å²) in [5.41, 5.74) is 0.964. The Morgan fingerprint density at radius 1 is 1.17 bits per heavy atom. The molecule has 0 unspecified atom stereocenters. The van der Waals surface area contributed by atoms with E-state index in [4.69, 9.17) is 4.74 Å². The van der Waals surface area contributed by atoms with Crippen LogP contribution in [-0.2, 0) is 27.7 Å². The molecule has 2 heterocycles. The number of sulfone groups is 1. The van der Waals surface area contributed by atoms with Crippen molar-refractivity contribution in [3.63, 3.8) is 0 Å². The van der Waals surface area contributed by atoms with Gasteiger partial charge in [-0.25, -0.2) is 13.4 Å². The molecule has 0 radical (unpaired) electrons. The summed E-state index contributed by atoms with van der Waals surface area (Å²) in [6.45, 7) is 3.93. The van der Waals surface area contributed by atoms with E-state index in [1.807, 2.05) is 4.57 Å². The van der Waals surface area contributed by atoms with E-state index in [0.29, 0.717) is 25.7 Å². The maximum Gasteiger partial charge on any atom is 0.227 e. The minimum absolute atomic E-state index is 0.223. The molecule has 3 rings (SSSR count). The Bertz CT molecular complexity index is 735. The van der Waals surface area contributed by atoms with Crippen LogP contribution in [0.3, 0.4) is 0 Å². The Balaban J connectivity index is 1.74. The third-order valence-electron chi connectivity index (χ3n) is 6.60. The fourth-order valence-corrected chi connectivity index (χ4v) is 6.61. The number of hydrogen-bond acceptors (Lipinski definition) is 6. The largest absolute Gasteiger partial charge is 0.383 e. The highest BCUT2D eigenvalue weighted by Crippen LogP contribution is 2.27. The molecule has 29 heavy (non-hydrogen) atoms. The SMILES string of the molecule is COCCn1c(CN(C)C2CCN(C)CC2)cnc1S(=O)(=O)CC1CCCCC1. The topological polar surface area (TPSA) is 67.7 Å². The van der Waals surface area contributed by atoms with Crippen LogP contribution in [0.4, 0.5) is 0 Å². The minimum Gasteiger partial charge on any atom is -0.383 e. The summed E-state index contributed by atoms with van der Waals surface area (Å²) in [4.78, 5) is 9.12. The highest BCUT2D eigenvalue weighted by molar-refractivity contribution is 7.91. The van der Waals surface area contributed by atoms with Crippen LogP contribution in [0.2, 0.25) is 0 Å². The fourth-order valence-electron chi connectivity index (χ4n) is 4.75. The van der Waals surface area contributed by atoms with E-state index in [9.17, 15) is 8.42 Å². The first-order valence-corrected chi connectivity index (χ1v) is 12.7. The first kappa shape index (κ1) is 22.7. The molecule has 0 spiro atoms. The molecule has 0 bridgehead atoms. The van der Waals surface area contributed by atoms with Crippen molar-refractivity contribution in [2.45, 2.75) is 69.2 Å². The monoisotopic (exact) mass is 426 g/mol. The van der Waals surface area contributed by atoms with Crippen molar-refractivity contribution < 1.29 is 13.2 Å². The quantitative estimate of drug-likeness (QED) is 0.604. The lowest BCUT2D eigenvalue weighted by molar-refractivity contribution is 0.135. The molecule has 0 atom stereocenters. The van der Waals surface area contributed by atoms with E-state index in [1.165, 1.54) is 6.42 Å². The molecule has 2 fully saturated rings. The van der Waals surface area contributed by atoms with Gasteiger partial charge in [0.2, 0.25) is 15.0 Å². The van der Waals surface area contributed by atoms with Crippen LogP contribution in [0, 0.1) is 5.92 Å². The number of likely N-dealkylation sites (tertiary alicyclic amines) is 1. The summed E-state index contributed by atoms with van der Waals surface area (Å²) in [7, 11) is 2.56. The molecular weight excluding hydrogens is 388 g/mol. The van der Waals surface area contributed by atoms with Crippen LogP contribution in [0.5, 0.6) is 0 Å². The Morgan fingerprint density at radius 2 is 1.86 bits per heavy atom. The Labute approximate surface area is 176 Å². The number of nitrogens with zero attached hydrogens (tertiary/aromatic N) is 4. The van der Waals surface area contributed by atoms with Crippen LogP contribution in [0.25, 0.3) is 0 Å². The molecule has 7 nitrogen and oxygen atoms in total. The normalized spacial score (nSPS) is 20.6. The molecule has 1 aromatic rings. The van der Waals surface area contributed by atoms with E-state index in [-0.39, 0.29) is 16.8 Å². The van der Waals surface area contributed by atoms with Gasteiger partial charge in [0, 0.05) is 26.2 Å². The summed E-state index contributed by atoms with van der Waals surface area (Å²) in [6, 6.07) is 0.527. The van der Waals surface area contributed by atoms with Gasteiger partial charge in [-0.2, -0.15) is 0 Å². The zero-order valence-corrected chi connectivity index (χ0v) is 19.2. The third kappa shape index (κ3) is 6.03. The second kappa shape index (κ2) is 10.4. The first-order valence-electron chi connectivity index (χ1n) is 11.1. The molecule has 166 valence electrons. The smallest absolute Gasteiger partial charge is 0.227 e. The number of rotatable bonds is 9. The van der Waals surface area contributed by atoms with E-state index in [1.54, 1.807) is 13.3 Å². The van der Waals surface area contributed by atoms with E-state index < -0.39 is 9.84 Å². The van der Waals surface area contributed by atoms with E-state index in [2.05, 4.69) is 28.9 Å². The van der Waals surface area contributed by atoms with Crippen LogP contribution >= 0.6 is 0 Å². The highest BCUT2D eigenvalue weighted by Gasteiger charge is 2.29. The maximum absolute atomic E-state index is 13.2.